The summed E-state index contributed by atoms with van der Waals surface area (Å²) in [5, 5.41) is 12.3. The predicted octanol–water partition coefficient (Wildman–Crippen LogP) is 2.02. The molecule has 0 saturated carbocycles. The lowest BCUT2D eigenvalue weighted by atomic mass is 9.85. The Morgan fingerprint density at radius 2 is 1.58 bits per heavy atom. The number of rotatable bonds is 3. The molecule has 1 atom stereocenters. The average Bonchev–Trinajstić information content (AvgIpc) is 2.65. The zero-order valence-electron chi connectivity index (χ0n) is 15.2. The Morgan fingerprint density at radius 3 is 2.27 bits per heavy atom. The van der Waals surface area contributed by atoms with Gasteiger partial charge < -0.3 is 24.2 Å². The molecule has 2 aliphatic rings. The third-order valence-electron chi connectivity index (χ3n) is 5.03. The van der Waals surface area contributed by atoms with Crippen molar-refractivity contribution in [1.82, 2.24) is 4.90 Å². The van der Waals surface area contributed by atoms with E-state index in [9.17, 15) is 5.11 Å². The normalized spacial score (nSPS) is 17.0. The fourth-order valence-corrected chi connectivity index (χ4v) is 3.80. The highest BCUT2D eigenvalue weighted by atomic mass is 16.5. The quantitative estimate of drug-likeness (QED) is 0.917. The molecule has 5 nitrogen and oxygen atoms in total. The molecule has 0 fully saturated rings. The minimum atomic E-state index is 0.0371. The number of phenols is 1. The molecule has 0 spiro atoms. The topological polar surface area (TPSA) is 51.2 Å². The number of phenolic OH excluding ortho intramolecular Hbond substituents is 1. The summed E-state index contributed by atoms with van der Waals surface area (Å²) in [7, 11) is 6.90. The standard InChI is InChI=1S/C21H21NO4/c1-22-11-13-8-19(25-3)20(26-4)9-15(13)14-6-5-12-7-17(23)18(24-2)10-16(12)21(14)22/h5-11,21,23H,1-4H3. The SMILES string of the molecule is COc1cc2c(cc1O)C=CC1=c3cc(OC)c(OC)cc3=CN(C)C12. The lowest BCUT2D eigenvalue weighted by Gasteiger charge is -2.35. The van der Waals surface area contributed by atoms with Crippen molar-refractivity contribution in [2.45, 2.75) is 6.04 Å². The summed E-state index contributed by atoms with van der Waals surface area (Å²) >= 11 is 0. The predicted molar refractivity (Wildman–Crippen MR) is 101 cm³/mol. The molecule has 0 aromatic heterocycles. The number of aromatic hydroxyl groups is 1. The van der Waals surface area contributed by atoms with Crippen molar-refractivity contribution in [1.29, 1.82) is 0 Å². The van der Waals surface area contributed by atoms with Crippen LogP contribution < -0.4 is 24.6 Å². The molecule has 1 aliphatic heterocycles. The van der Waals surface area contributed by atoms with Crippen LogP contribution in [0.4, 0.5) is 0 Å². The fourth-order valence-electron chi connectivity index (χ4n) is 3.80. The van der Waals surface area contributed by atoms with E-state index in [4.69, 9.17) is 14.2 Å². The summed E-state index contributed by atoms with van der Waals surface area (Å²) in [5.41, 5.74) is 3.25. The van der Waals surface area contributed by atoms with Crippen LogP contribution in [0.3, 0.4) is 0 Å². The van der Waals surface area contributed by atoms with Gasteiger partial charge in [-0.3, -0.25) is 0 Å². The number of fused-ring (bicyclic) bond motifs is 4. The van der Waals surface area contributed by atoms with Crippen molar-refractivity contribution >= 4 is 17.8 Å². The maximum Gasteiger partial charge on any atom is 0.161 e. The van der Waals surface area contributed by atoms with E-state index < -0.39 is 0 Å². The van der Waals surface area contributed by atoms with Gasteiger partial charge in [0.2, 0.25) is 0 Å². The highest BCUT2D eigenvalue weighted by Crippen LogP contribution is 2.42. The van der Waals surface area contributed by atoms with Crippen molar-refractivity contribution < 1.29 is 19.3 Å². The van der Waals surface area contributed by atoms with Crippen molar-refractivity contribution in [2.75, 3.05) is 28.4 Å². The summed E-state index contributed by atoms with van der Waals surface area (Å²) in [4.78, 5) is 2.17. The molecule has 134 valence electrons. The summed E-state index contributed by atoms with van der Waals surface area (Å²) in [6, 6.07) is 7.71. The maximum absolute atomic E-state index is 10.1. The first-order valence-electron chi connectivity index (χ1n) is 8.36. The second-order valence-corrected chi connectivity index (χ2v) is 6.43. The molecule has 0 saturated heterocycles. The first-order valence-corrected chi connectivity index (χ1v) is 8.36. The monoisotopic (exact) mass is 351 g/mol. The molecule has 0 radical (unpaired) electrons. The number of ether oxygens (including phenoxy) is 3. The van der Waals surface area contributed by atoms with Gasteiger partial charge in [-0.25, -0.2) is 0 Å². The molecule has 0 bridgehead atoms. The molecule has 1 unspecified atom stereocenters. The van der Waals surface area contributed by atoms with Crippen molar-refractivity contribution in [3.8, 4) is 23.0 Å². The second-order valence-electron chi connectivity index (χ2n) is 6.43. The van der Waals surface area contributed by atoms with Crippen LogP contribution in [-0.2, 0) is 0 Å². The fraction of sp³-hybridized carbons (Fsp3) is 0.238. The average molecular weight is 351 g/mol. The molecular weight excluding hydrogens is 330 g/mol. The van der Waals surface area contributed by atoms with Crippen molar-refractivity contribution in [2.24, 2.45) is 0 Å². The number of benzene rings is 2. The zero-order valence-corrected chi connectivity index (χ0v) is 15.2. The molecule has 0 amide bonds. The van der Waals surface area contributed by atoms with E-state index in [0.29, 0.717) is 17.2 Å². The minimum absolute atomic E-state index is 0.0371. The van der Waals surface area contributed by atoms with E-state index in [1.54, 1.807) is 27.4 Å². The van der Waals surface area contributed by atoms with Crippen LogP contribution >= 0.6 is 0 Å². The van der Waals surface area contributed by atoms with E-state index in [2.05, 4.69) is 17.2 Å². The molecule has 26 heavy (non-hydrogen) atoms. The van der Waals surface area contributed by atoms with Gasteiger partial charge in [0, 0.05) is 18.5 Å². The van der Waals surface area contributed by atoms with Crippen LogP contribution in [0.25, 0.3) is 17.8 Å². The van der Waals surface area contributed by atoms with Gasteiger partial charge in [-0.1, -0.05) is 12.2 Å². The molecule has 1 N–H and O–H groups in total. The van der Waals surface area contributed by atoms with Gasteiger partial charge in [-0.2, -0.15) is 0 Å². The Bertz CT molecular complexity index is 1040. The molecule has 4 rings (SSSR count). The lowest BCUT2D eigenvalue weighted by molar-refractivity contribution is 0.353. The zero-order chi connectivity index (χ0) is 18.4. The van der Waals surface area contributed by atoms with E-state index in [-0.39, 0.29) is 11.8 Å². The van der Waals surface area contributed by atoms with E-state index in [1.165, 1.54) is 5.57 Å². The minimum Gasteiger partial charge on any atom is -0.504 e. The highest BCUT2D eigenvalue weighted by Gasteiger charge is 2.28. The maximum atomic E-state index is 10.1. The largest absolute Gasteiger partial charge is 0.504 e. The Balaban J connectivity index is 2.01. The Hall–Kier alpha value is -3.08. The van der Waals surface area contributed by atoms with Crippen LogP contribution in [0, 0.1) is 0 Å². The van der Waals surface area contributed by atoms with Gasteiger partial charge in [0.05, 0.1) is 27.4 Å². The molecular formula is C21H21NO4. The van der Waals surface area contributed by atoms with Gasteiger partial charge in [-0.15, -0.1) is 0 Å². The number of hydrogen-bond acceptors (Lipinski definition) is 5. The van der Waals surface area contributed by atoms with E-state index >= 15 is 0 Å². The third-order valence-corrected chi connectivity index (χ3v) is 5.03. The van der Waals surface area contributed by atoms with Gasteiger partial charge in [0.25, 0.3) is 0 Å². The molecule has 2 aromatic rings. The van der Waals surface area contributed by atoms with Gasteiger partial charge in [-0.05, 0) is 46.2 Å². The van der Waals surface area contributed by atoms with Crippen LogP contribution in [0.1, 0.15) is 17.2 Å². The van der Waals surface area contributed by atoms with Gasteiger partial charge in [0.15, 0.2) is 23.0 Å². The molecule has 2 aromatic carbocycles. The first kappa shape index (κ1) is 16.4. The first-order chi connectivity index (χ1) is 12.6. The smallest absolute Gasteiger partial charge is 0.161 e. The number of methoxy groups -OCH3 is 3. The molecule has 1 aliphatic carbocycles. The van der Waals surface area contributed by atoms with Crippen molar-refractivity contribution in [3.05, 3.63) is 51.9 Å². The number of nitrogens with zero attached hydrogens (tertiary/aromatic N) is 1. The van der Waals surface area contributed by atoms with Gasteiger partial charge >= 0.3 is 0 Å². The Kier molecular flexibility index (Phi) is 3.80. The van der Waals surface area contributed by atoms with E-state index in [0.717, 1.165) is 21.6 Å². The van der Waals surface area contributed by atoms with Gasteiger partial charge in [0.1, 0.15) is 0 Å². The van der Waals surface area contributed by atoms with Crippen LogP contribution in [0.15, 0.2) is 30.3 Å². The Labute approximate surface area is 152 Å². The second kappa shape index (κ2) is 6.02. The van der Waals surface area contributed by atoms with Crippen LogP contribution in [0.2, 0.25) is 0 Å². The van der Waals surface area contributed by atoms with Crippen LogP contribution in [-0.4, -0.2) is 38.4 Å². The number of hydrogen-bond donors (Lipinski definition) is 1. The van der Waals surface area contributed by atoms with Crippen LogP contribution in [0.5, 0.6) is 23.0 Å². The van der Waals surface area contributed by atoms with E-state index in [1.807, 2.05) is 31.3 Å². The third kappa shape index (κ3) is 2.31. The van der Waals surface area contributed by atoms with Crippen molar-refractivity contribution in [3.63, 3.8) is 0 Å². The lowest BCUT2D eigenvalue weighted by Crippen LogP contribution is -2.39. The molecule has 1 heterocycles. The summed E-state index contributed by atoms with van der Waals surface area (Å²) in [5.74, 6) is 2.04. The summed E-state index contributed by atoms with van der Waals surface area (Å²) in [6.07, 6.45) is 6.24. The molecule has 5 heteroatoms. The summed E-state index contributed by atoms with van der Waals surface area (Å²) in [6.45, 7) is 0. The Morgan fingerprint density at radius 1 is 0.885 bits per heavy atom. The highest BCUT2D eigenvalue weighted by molar-refractivity contribution is 5.81. The summed E-state index contributed by atoms with van der Waals surface area (Å²) < 4.78 is 16.2.